The van der Waals surface area contributed by atoms with Crippen molar-refractivity contribution in [2.75, 3.05) is 26.3 Å². The fourth-order valence-electron chi connectivity index (χ4n) is 2.59. The maximum absolute atomic E-state index is 12.6. The van der Waals surface area contributed by atoms with Gasteiger partial charge in [-0.2, -0.15) is 0 Å². The minimum Gasteiger partial charge on any atom is -0.379 e. The van der Waals surface area contributed by atoms with Gasteiger partial charge in [-0.15, -0.1) is 0 Å². The number of carbonyl (C=O) groups excluding carboxylic acids is 1. The largest absolute Gasteiger partial charge is 0.379 e. The van der Waals surface area contributed by atoms with Crippen LogP contribution in [0.2, 0.25) is 0 Å². The molecule has 3 rings (SSSR count). The molecule has 1 fully saturated rings. The number of carbonyl (C=O) groups is 1. The van der Waals surface area contributed by atoms with Gasteiger partial charge in [-0.3, -0.25) is 9.78 Å². The van der Waals surface area contributed by atoms with Crippen LogP contribution in [-0.2, 0) is 11.2 Å². The van der Waals surface area contributed by atoms with Crippen LogP contribution in [0.15, 0.2) is 43.1 Å². The first-order valence-electron chi connectivity index (χ1n) is 7.35. The first kappa shape index (κ1) is 14.6. The average molecular weight is 298 g/mol. The highest BCUT2D eigenvalue weighted by molar-refractivity contribution is 5.93. The summed E-state index contributed by atoms with van der Waals surface area (Å²) >= 11 is 0. The lowest BCUT2D eigenvalue weighted by molar-refractivity contribution is 0.0737. The van der Waals surface area contributed by atoms with E-state index in [1.165, 1.54) is 0 Å². The van der Waals surface area contributed by atoms with Gasteiger partial charge in [0.1, 0.15) is 6.33 Å². The van der Waals surface area contributed by atoms with E-state index >= 15 is 0 Å². The van der Waals surface area contributed by atoms with Gasteiger partial charge < -0.3 is 9.64 Å². The van der Waals surface area contributed by atoms with Gasteiger partial charge in [-0.25, -0.2) is 9.97 Å². The average Bonchev–Trinajstić information content (AvgIpc) is 2.81. The Kier molecular flexibility index (Phi) is 4.70. The van der Waals surface area contributed by atoms with Crippen LogP contribution >= 0.6 is 0 Å². The molecule has 1 aliphatic heterocycles. The first-order chi connectivity index (χ1) is 10.8. The number of pyridine rings is 1. The normalized spacial score (nSPS) is 18.7. The number of ether oxygens (including phenoxy) is 1. The lowest BCUT2D eigenvalue weighted by Gasteiger charge is -2.23. The molecule has 1 amide bonds. The molecule has 6 heteroatoms. The second kappa shape index (κ2) is 7.09. The molecule has 2 aromatic rings. The summed E-state index contributed by atoms with van der Waals surface area (Å²) in [5.74, 6) is 0.240. The van der Waals surface area contributed by atoms with Crippen LogP contribution in [0, 0.1) is 5.92 Å². The summed E-state index contributed by atoms with van der Waals surface area (Å²) in [7, 11) is 0. The van der Waals surface area contributed by atoms with Crippen LogP contribution < -0.4 is 0 Å². The van der Waals surface area contributed by atoms with Crippen LogP contribution in [0.25, 0.3) is 0 Å². The molecule has 0 aromatic carbocycles. The molecular formula is C16H18N4O2. The van der Waals surface area contributed by atoms with Gasteiger partial charge in [0, 0.05) is 43.3 Å². The van der Waals surface area contributed by atoms with Crippen molar-refractivity contribution in [2.45, 2.75) is 6.42 Å². The molecule has 0 saturated carbocycles. The molecule has 1 atom stereocenters. The molecule has 114 valence electrons. The summed E-state index contributed by atoms with van der Waals surface area (Å²) in [6.45, 7) is 2.47. The van der Waals surface area contributed by atoms with Crippen molar-refractivity contribution in [3.05, 3.63) is 54.4 Å². The van der Waals surface area contributed by atoms with Gasteiger partial charge in [0.05, 0.1) is 18.8 Å². The van der Waals surface area contributed by atoms with Crippen LogP contribution in [0.4, 0.5) is 0 Å². The second-order valence-corrected chi connectivity index (χ2v) is 5.34. The topological polar surface area (TPSA) is 68.2 Å². The van der Waals surface area contributed by atoms with Gasteiger partial charge in [0.25, 0.3) is 5.91 Å². The predicted molar refractivity (Wildman–Crippen MR) is 80.2 cm³/mol. The molecule has 0 radical (unpaired) electrons. The van der Waals surface area contributed by atoms with E-state index in [1.54, 1.807) is 37.1 Å². The number of nitrogens with zero attached hydrogens (tertiary/aromatic N) is 4. The quantitative estimate of drug-likeness (QED) is 0.852. The van der Waals surface area contributed by atoms with Crippen LogP contribution in [0.1, 0.15) is 16.1 Å². The van der Waals surface area contributed by atoms with Gasteiger partial charge in [-0.1, -0.05) is 0 Å². The van der Waals surface area contributed by atoms with E-state index < -0.39 is 0 Å². The molecule has 22 heavy (non-hydrogen) atoms. The third-order valence-electron chi connectivity index (χ3n) is 3.67. The minimum atomic E-state index is 0.00582. The smallest absolute Gasteiger partial charge is 0.255 e. The highest BCUT2D eigenvalue weighted by Gasteiger charge is 2.24. The Hall–Kier alpha value is -2.34. The zero-order valence-corrected chi connectivity index (χ0v) is 12.3. The molecule has 2 aromatic heterocycles. The first-order valence-corrected chi connectivity index (χ1v) is 7.35. The van der Waals surface area contributed by atoms with Crippen molar-refractivity contribution in [2.24, 2.45) is 5.92 Å². The van der Waals surface area contributed by atoms with Gasteiger partial charge in [0.15, 0.2) is 0 Å². The summed E-state index contributed by atoms with van der Waals surface area (Å²) < 4.78 is 5.64. The number of hydrogen-bond acceptors (Lipinski definition) is 5. The molecule has 6 nitrogen and oxygen atoms in total. The lowest BCUT2D eigenvalue weighted by Crippen LogP contribution is -2.36. The maximum atomic E-state index is 12.6. The summed E-state index contributed by atoms with van der Waals surface area (Å²) in [5.41, 5.74) is 1.59. The van der Waals surface area contributed by atoms with E-state index in [0.29, 0.717) is 31.9 Å². The summed E-state index contributed by atoms with van der Waals surface area (Å²) in [6, 6.07) is 5.47. The van der Waals surface area contributed by atoms with Crippen molar-refractivity contribution in [1.29, 1.82) is 0 Å². The third kappa shape index (κ3) is 3.65. The van der Waals surface area contributed by atoms with Gasteiger partial charge in [0.2, 0.25) is 0 Å². The standard InChI is InChI=1S/C16H18N4O2/c21-16(14-2-1-4-17-9-14)20-6-7-22-11-13(10-20)8-15-3-5-18-12-19-15/h1-5,9,12-13H,6-8,10-11H2/t13-/m0/s1. The molecule has 0 N–H and O–H groups in total. The molecule has 3 heterocycles. The Morgan fingerprint density at radius 3 is 3.05 bits per heavy atom. The van der Waals surface area contributed by atoms with Crippen LogP contribution in [-0.4, -0.2) is 52.1 Å². The van der Waals surface area contributed by atoms with Crippen LogP contribution in [0.5, 0.6) is 0 Å². The number of aromatic nitrogens is 3. The molecule has 1 saturated heterocycles. The van der Waals surface area contributed by atoms with E-state index in [2.05, 4.69) is 15.0 Å². The van der Waals surface area contributed by atoms with Crippen molar-refractivity contribution in [1.82, 2.24) is 19.9 Å². The highest BCUT2D eigenvalue weighted by atomic mass is 16.5. The van der Waals surface area contributed by atoms with Crippen molar-refractivity contribution >= 4 is 5.91 Å². The van der Waals surface area contributed by atoms with Crippen molar-refractivity contribution in [3.63, 3.8) is 0 Å². The van der Waals surface area contributed by atoms with Crippen LogP contribution in [0.3, 0.4) is 0 Å². The van der Waals surface area contributed by atoms with E-state index in [0.717, 1.165) is 12.1 Å². The van der Waals surface area contributed by atoms with Gasteiger partial charge >= 0.3 is 0 Å². The second-order valence-electron chi connectivity index (χ2n) is 5.34. The SMILES string of the molecule is O=C(c1cccnc1)N1CCOC[C@@H](Cc2ccncn2)C1. The maximum Gasteiger partial charge on any atom is 0.255 e. The summed E-state index contributed by atoms with van der Waals surface area (Å²) in [6.07, 6.45) is 7.33. The predicted octanol–water partition coefficient (Wildman–Crippen LogP) is 1.20. The Bertz CT molecular complexity index is 606. The van der Waals surface area contributed by atoms with E-state index in [1.807, 2.05) is 11.0 Å². The molecule has 0 aliphatic carbocycles. The highest BCUT2D eigenvalue weighted by Crippen LogP contribution is 2.14. The Balaban J connectivity index is 1.69. The molecular weight excluding hydrogens is 280 g/mol. The van der Waals surface area contributed by atoms with Crippen molar-refractivity contribution < 1.29 is 9.53 Å². The molecule has 0 bridgehead atoms. The molecule has 0 spiro atoms. The van der Waals surface area contributed by atoms with E-state index in [4.69, 9.17) is 4.74 Å². The zero-order valence-electron chi connectivity index (χ0n) is 12.3. The van der Waals surface area contributed by atoms with E-state index in [9.17, 15) is 4.79 Å². The lowest BCUT2D eigenvalue weighted by atomic mass is 10.0. The Morgan fingerprint density at radius 2 is 2.27 bits per heavy atom. The monoisotopic (exact) mass is 298 g/mol. The fourth-order valence-corrected chi connectivity index (χ4v) is 2.59. The van der Waals surface area contributed by atoms with Crippen molar-refractivity contribution in [3.8, 4) is 0 Å². The summed E-state index contributed by atoms with van der Waals surface area (Å²) in [5, 5.41) is 0. The summed E-state index contributed by atoms with van der Waals surface area (Å²) in [4.78, 5) is 26.6. The molecule has 0 unspecified atom stereocenters. The number of amides is 1. The van der Waals surface area contributed by atoms with E-state index in [-0.39, 0.29) is 11.8 Å². The third-order valence-corrected chi connectivity index (χ3v) is 3.67. The number of rotatable bonds is 3. The Morgan fingerprint density at radius 1 is 1.32 bits per heavy atom. The molecule has 1 aliphatic rings. The fraction of sp³-hybridized carbons (Fsp3) is 0.375. The van der Waals surface area contributed by atoms with Gasteiger partial charge in [-0.05, 0) is 24.6 Å². The Labute approximate surface area is 129 Å². The minimum absolute atomic E-state index is 0.00582. The number of hydrogen-bond donors (Lipinski definition) is 0. The zero-order chi connectivity index (χ0) is 15.2.